The molecule has 0 aliphatic carbocycles. The van der Waals surface area contributed by atoms with Crippen LogP contribution in [0.4, 0.5) is 10.5 Å². The second-order valence-electron chi connectivity index (χ2n) is 10.3. The van der Waals surface area contributed by atoms with Crippen molar-refractivity contribution in [2.24, 2.45) is 0 Å². The topological polar surface area (TPSA) is 109 Å². The lowest BCUT2D eigenvalue weighted by Gasteiger charge is -2.19. The fourth-order valence-electron chi connectivity index (χ4n) is 4.10. The maximum Gasteiger partial charge on any atom is 0.435 e. The summed E-state index contributed by atoms with van der Waals surface area (Å²) in [5, 5.41) is 8.16. The SMILES string of the molecule is CCCCCc1nn(C(=O)OC(C)(C)C)c2ccc(Oc3c(C)cc(NC(=O)CC(=O)OC)cc3C)cc12. The third-order valence-electron chi connectivity index (χ3n) is 5.81. The van der Waals surface area contributed by atoms with Crippen molar-refractivity contribution in [3.63, 3.8) is 0 Å². The lowest BCUT2D eigenvalue weighted by atomic mass is 10.1. The Morgan fingerprint density at radius 3 is 2.32 bits per heavy atom. The molecule has 0 saturated heterocycles. The van der Waals surface area contributed by atoms with Crippen molar-refractivity contribution in [2.75, 3.05) is 12.4 Å². The molecule has 0 radical (unpaired) electrons. The molecule has 0 spiro atoms. The van der Waals surface area contributed by atoms with Gasteiger partial charge in [0.25, 0.3) is 0 Å². The van der Waals surface area contributed by atoms with E-state index in [4.69, 9.17) is 9.47 Å². The molecule has 38 heavy (non-hydrogen) atoms. The number of ether oxygens (including phenoxy) is 3. The molecule has 3 rings (SSSR count). The van der Waals surface area contributed by atoms with Gasteiger partial charge in [-0.3, -0.25) is 9.59 Å². The standard InChI is InChI=1S/C29H37N3O6/c1-8-9-10-11-23-22-16-21(12-13-24(22)32(31-23)28(35)38-29(4,5)6)37-27-18(2)14-20(15-19(27)3)30-25(33)17-26(34)36-7/h12-16H,8-11,17H2,1-7H3,(H,30,33). The minimum Gasteiger partial charge on any atom is -0.469 e. The third kappa shape index (κ3) is 7.34. The first-order chi connectivity index (χ1) is 17.9. The van der Waals surface area contributed by atoms with Gasteiger partial charge in [0.2, 0.25) is 5.91 Å². The van der Waals surface area contributed by atoms with E-state index in [9.17, 15) is 14.4 Å². The van der Waals surface area contributed by atoms with Crippen LogP contribution >= 0.6 is 0 Å². The summed E-state index contributed by atoms with van der Waals surface area (Å²) in [5.74, 6) is 0.205. The number of aryl methyl sites for hydroxylation is 3. The third-order valence-corrected chi connectivity index (χ3v) is 5.81. The average Bonchev–Trinajstić information content (AvgIpc) is 3.18. The molecule has 0 aliphatic rings. The molecule has 0 unspecified atom stereocenters. The normalized spacial score (nSPS) is 11.3. The van der Waals surface area contributed by atoms with Gasteiger partial charge in [-0.15, -0.1) is 0 Å². The van der Waals surface area contributed by atoms with Gasteiger partial charge >= 0.3 is 12.1 Å². The van der Waals surface area contributed by atoms with E-state index >= 15 is 0 Å². The number of methoxy groups -OCH3 is 1. The highest BCUT2D eigenvalue weighted by Gasteiger charge is 2.23. The Bertz CT molecular complexity index is 1310. The van der Waals surface area contributed by atoms with Crippen molar-refractivity contribution in [3.05, 3.63) is 47.2 Å². The van der Waals surface area contributed by atoms with Crippen LogP contribution in [0, 0.1) is 13.8 Å². The maximum atomic E-state index is 12.9. The van der Waals surface area contributed by atoms with Gasteiger partial charge in [0.15, 0.2) is 0 Å². The molecule has 204 valence electrons. The zero-order valence-corrected chi connectivity index (χ0v) is 23.3. The Kier molecular flexibility index (Phi) is 9.14. The Balaban J connectivity index is 1.90. The van der Waals surface area contributed by atoms with E-state index in [0.717, 1.165) is 47.9 Å². The number of hydrogen-bond donors (Lipinski definition) is 1. The number of nitrogens with one attached hydrogen (secondary N) is 1. The van der Waals surface area contributed by atoms with Gasteiger partial charge in [-0.1, -0.05) is 19.8 Å². The summed E-state index contributed by atoms with van der Waals surface area (Å²) in [4.78, 5) is 36.3. The van der Waals surface area contributed by atoms with Gasteiger partial charge in [0.1, 0.15) is 23.5 Å². The van der Waals surface area contributed by atoms with E-state index in [1.807, 2.05) is 46.8 Å². The number of fused-ring (bicyclic) bond motifs is 1. The molecule has 0 aliphatic heterocycles. The summed E-state index contributed by atoms with van der Waals surface area (Å²) in [6, 6.07) is 9.08. The van der Waals surface area contributed by atoms with Crippen molar-refractivity contribution in [3.8, 4) is 11.5 Å². The molecule has 0 bridgehead atoms. The van der Waals surface area contributed by atoms with Gasteiger partial charge in [0.05, 0.1) is 18.3 Å². The van der Waals surface area contributed by atoms with Crippen molar-refractivity contribution in [2.45, 2.75) is 79.2 Å². The van der Waals surface area contributed by atoms with Crippen molar-refractivity contribution >= 4 is 34.6 Å². The molecule has 9 nitrogen and oxygen atoms in total. The minimum atomic E-state index is -0.638. The first kappa shape index (κ1) is 28.7. The molecule has 0 saturated carbocycles. The number of nitrogens with zero attached hydrogens (tertiary/aromatic N) is 2. The molecule has 3 aromatic rings. The van der Waals surface area contributed by atoms with Crippen molar-refractivity contribution < 1.29 is 28.6 Å². The van der Waals surface area contributed by atoms with Crippen LogP contribution in [-0.2, 0) is 25.5 Å². The molecule has 1 amide bonds. The predicted octanol–water partition coefficient (Wildman–Crippen LogP) is 6.46. The molecule has 1 aromatic heterocycles. The van der Waals surface area contributed by atoms with Gasteiger partial charge in [-0.2, -0.15) is 9.78 Å². The van der Waals surface area contributed by atoms with Crippen LogP contribution in [0.2, 0.25) is 0 Å². The number of benzene rings is 2. The van der Waals surface area contributed by atoms with Gasteiger partial charge in [-0.05, 0) is 88.9 Å². The Hall–Kier alpha value is -3.88. The second kappa shape index (κ2) is 12.1. The molecular formula is C29H37N3O6. The molecule has 1 N–H and O–H groups in total. The molecular weight excluding hydrogens is 486 g/mol. The van der Waals surface area contributed by atoms with E-state index in [0.29, 0.717) is 22.7 Å². The van der Waals surface area contributed by atoms with Crippen LogP contribution < -0.4 is 10.1 Å². The summed E-state index contributed by atoms with van der Waals surface area (Å²) in [6.07, 6.45) is 2.97. The maximum absolute atomic E-state index is 12.9. The molecule has 0 atom stereocenters. The fourth-order valence-corrected chi connectivity index (χ4v) is 4.10. The van der Waals surface area contributed by atoms with E-state index < -0.39 is 23.6 Å². The lowest BCUT2D eigenvalue weighted by Crippen LogP contribution is -2.27. The smallest absolute Gasteiger partial charge is 0.435 e. The predicted molar refractivity (Wildman–Crippen MR) is 146 cm³/mol. The number of aromatic nitrogens is 2. The molecule has 2 aromatic carbocycles. The largest absolute Gasteiger partial charge is 0.469 e. The van der Waals surface area contributed by atoms with Crippen LogP contribution in [0.3, 0.4) is 0 Å². The first-order valence-electron chi connectivity index (χ1n) is 12.8. The fraction of sp³-hybridized carbons (Fsp3) is 0.448. The highest BCUT2D eigenvalue weighted by molar-refractivity contribution is 6.02. The number of amides is 1. The zero-order chi connectivity index (χ0) is 28.0. The van der Waals surface area contributed by atoms with Gasteiger partial charge in [0, 0.05) is 11.1 Å². The van der Waals surface area contributed by atoms with E-state index in [1.54, 1.807) is 18.2 Å². The first-order valence-corrected chi connectivity index (χ1v) is 12.8. The Morgan fingerprint density at radius 2 is 1.71 bits per heavy atom. The highest BCUT2D eigenvalue weighted by atomic mass is 16.6. The molecule has 1 heterocycles. The number of esters is 1. The van der Waals surface area contributed by atoms with Gasteiger partial charge in [-0.25, -0.2) is 4.79 Å². The van der Waals surface area contributed by atoms with Gasteiger partial charge < -0.3 is 19.5 Å². The summed E-state index contributed by atoms with van der Waals surface area (Å²) in [7, 11) is 1.24. The van der Waals surface area contributed by atoms with Crippen LogP contribution in [-0.4, -0.2) is 40.5 Å². The highest BCUT2D eigenvalue weighted by Crippen LogP contribution is 2.34. The van der Waals surface area contributed by atoms with E-state index in [2.05, 4.69) is 22.1 Å². The van der Waals surface area contributed by atoms with E-state index in [1.165, 1.54) is 11.8 Å². The zero-order valence-electron chi connectivity index (χ0n) is 23.3. The quantitative estimate of drug-likeness (QED) is 0.195. The average molecular weight is 524 g/mol. The number of anilines is 1. The minimum absolute atomic E-state index is 0.357. The monoisotopic (exact) mass is 523 g/mol. The van der Waals surface area contributed by atoms with Crippen LogP contribution in [0.5, 0.6) is 11.5 Å². The van der Waals surface area contributed by atoms with Crippen molar-refractivity contribution in [1.82, 2.24) is 9.78 Å². The Morgan fingerprint density at radius 1 is 1.03 bits per heavy atom. The lowest BCUT2D eigenvalue weighted by molar-refractivity contribution is -0.142. The Labute approximate surface area is 223 Å². The summed E-state index contributed by atoms with van der Waals surface area (Å²) < 4.78 is 17.7. The van der Waals surface area contributed by atoms with Crippen LogP contribution in [0.15, 0.2) is 30.3 Å². The molecule has 0 fully saturated rings. The van der Waals surface area contributed by atoms with Crippen LogP contribution in [0.25, 0.3) is 10.9 Å². The summed E-state index contributed by atoms with van der Waals surface area (Å²) >= 11 is 0. The number of unbranched alkanes of at least 4 members (excludes halogenated alkanes) is 2. The summed E-state index contributed by atoms with van der Waals surface area (Å²) in [6.45, 7) is 11.4. The van der Waals surface area contributed by atoms with E-state index in [-0.39, 0.29) is 6.42 Å². The number of rotatable bonds is 9. The molecule has 9 heteroatoms. The number of hydrogen-bond acceptors (Lipinski definition) is 7. The number of carbonyl (C=O) groups is 3. The summed E-state index contributed by atoms with van der Waals surface area (Å²) in [5.41, 5.74) is 3.03. The second-order valence-corrected chi connectivity index (χ2v) is 10.3. The van der Waals surface area contributed by atoms with Crippen molar-refractivity contribution in [1.29, 1.82) is 0 Å². The number of carbonyl (C=O) groups excluding carboxylic acids is 3. The van der Waals surface area contributed by atoms with Crippen LogP contribution in [0.1, 0.15) is 70.2 Å².